The Bertz CT molecular complexity index is 785. The highest BCUT2D eigenvalue weighted by Gasteiger charge is 2.36. The quantitative estimate of drug-likeness (QED) is 0.836. The summed E-state index contributed by atoms with van der Waals surface area (Å²) in [5, 5.41) is 3.13. The lowest BCUT2D eigenvalue weighted by Crippen LogP contribution is -2.47. The summed E-state index contributed by atoms with van der Waals surface area (Å²) >= 11 is 0. The van der Waals surface area contributed by atoms with Gasteiger partial charge in [0.1, 0.15) is 6.04 Å². The van der Waals surface area contributed by atoms with Crippen molar-refractivity contribution in [2.75, 3.05) is 26.2 Å². The van der Waals surface area contributed by atoms with Crippen LogP contribution in [-0.4, -0.2) is 53.8 Å². The van der Waals surface area contributed by atoms with E-state index in [0.29, 0.717) is 25.3 Å². The summed E-state index contributed by atoms with van der Waals surface area (Å²) in [6, 6.07) is 13.4. The largest absolute Gasteiger partial charge is 0.459 e. The lowest BCUT2D eigenvalue weighted by atomic mass is 10.1. The van der Waals surface area contributed by atoms with Crippen LogP contribution in [0.15, 0.2) is 53.1 Å². The number of nitrogens with one attached hydrogen (secondary N) is 1. The maximum absolute atomic E-state index is 12.9. The Morgan fingerprint density at radius 1 is 1.04 bits per heavy atom. The SMILES string of the molecule is O=C(NCC(c1ccccc1)N1CCCC1)C1CCCN1C(=O)c1ccco1. The standard InChI is InChI=1S/C22H27N3O3/c26-21(18-10-6-14-25(18)22(27)20-11-7-15-28-20)23-16-19(24-12-4-5-13-24)17-8-2-1-3-9-17/h1-3,7-9,11,15,18-19H,4-6,10,12-14,16H2,(H,23,26). The number of rotatable bonds is 6. The second kappa shape index (κ2) is 8.61. The second-order valence-corrected chi connectivity index (χ2v) is 7.55. The number of hydrogen-bond acceptors (Lipinski definition) is 4. The molecular formula is C22H27N3O3. The molecule has 4 rings (SSSR count). The third-order valence-corrected chi connectivity index (χ3v) is 5.78. The van der Waals surface area contributed by atoms with Crippen molar-refractivity contribution in [2.24, 2.45) is 0 Å². The lowest BCUT2D eigenvalue weighted by molar-refractivity contribution is -0.125. The van der Waals surface area contributed by atoms with E-state index in [9.17, 15) is 9.59 Å². The monoisotopic (exact) mass is 381 g/mol. The van der Waals surface area contributed by atoms with Crippen LogP contribution in [0.5, 0.6) is 0 Å². The van der Waals surface area contributed by atoms with Crippen LogP contribution in [0.1, 0.15) is 47.8 Å². The van der Waals surface area contributed by atoms with Crippen molar-refractivity contribution in [1.82, 2.24) is 15.1 Å². The number of hydrogen-bond donors (Lipinski definition) is 1. The van der Waals surface area contributed by atoms with Gasteiger partial charge < -0.3 is 14.6 Å². The van der Waals surface area contributed by atoms with Crippen LogP contribution < -0.4 is 5.32 Å². The molecule has 2 fully saturated rings. The number of amides is 2. The molecule has 6 heteroatoms. The molecule has 2 atom stereocenters. The minimum Gasteiger partial charge on any atom is -0.459 e. The molecule has 2 saturated heterocycles. The molecule has 1 N–H and O–H groups in total. The van der Waals surface area contributed by atoms with E-state index in [1.54, 1.807) is 17.0 Å². The van der Waals surface area contributed by atoms with Crippen LogP contribution in [0.25, 0.3) is 0 Å². The van der Waals surface area contributed by atoms with Gasteiger partial charge in [0.15, 0.2) is 5.76 Å². The number of furan rings is 1. The Morgan fingerprint density at radius 2 is 1.82 bits per heavy atom. The van der Waals surface area contributed by atoms with E-state index in [-0.39, 0.29) is 17.9 Å². The average Bonchev–Trinajstić information content (AvgIpc) is 3.51. The van der Waals surface area contributed by atoms with Crippen LogP contribution in [0.4, 0.5) is 0 Å². The number of nitrogens with zero attached hydrogens (tertiary/aromatic N) is 2. The van der Waals surface area contributed by atoms with E-state index in [2.05, 4.69) is 22.3 Å². The molecule has 2 unspecified atom stereocenters. The summed E-state index contributed by atoms with van der Waals surface area (Å²) in [5.41, 5.74) is 1.22. The average molecular weight is 381 g/mol. The first-order valence-electron chi connectivity index (χ1n) is 10.2. The Morgan fingerprint density at radius 3 is 2.54 bits per heavy atom. The molecule has 1 aromatic heterocycles. The van der Waals surface area contributed by atoms with Crippen molar-refractivity contribution >= 4 is 11.8 Å². The first-order valence-corrected chi connectivity index (χ1v) is 10.2. The molecule has 3 heterocycles. The van der Waals surface area contributed by atoms with Gasteiger partial charge in [-0.3, -0.25) is 14.5 Å². The first-order chi connectivity index (χ1) is 13.7. The molecule has 0 bridgehead atoms. The van der Waals surface area contributed by atoms with Crippen molar-refractivity contribution in [3.8, 4) is 0 Å². The van der Waals surface area contributed by atoms with E-state index in [1.807, 2.05) is 18.2 Å². The number of carbonyl (C=O) groups excluding carboxylic acids is 2. The van der Waals surface area contributed by atoms with Gasteiger partial charge in [0.2, 0.25) is 5.91 Å². The summed E-state index contributed by atoms with van der Waals surface area (Å²) < 4.78 is 5.23. The predicted molar refractivity (Wildman–Crippen MR) is 106 cm³/mol. The summed E-state index contributed by atoms with van der Waals surface area (Å²) in [6.45, 7) is 3.26. The van der Waals surface area contributed by atoms with Crippen molar-refractivity contribution in [3.05, 3.63) is 60.1 Å². The zero-order chi connectivity index (χ0) is 19.3. The van der Waals surface area contributed by atoms with Crippen molar-refractivity contribution in [2.45, 2.75) is 37.8 Å². The van der Waals surface area contributed by atoms with Gasteiger partial charge in [0, 0.05) is 13.1 Å². The summed E-state index contributed by atoms with van der Waals surface area (Å²) in [7, 11) is 0. The minimum absolute atomic E-state index is 0.0717. The summed E-state index contributed by atoms with van der Waals surface area (Å²) in [6.07, 6.45) is 5.41. The molecule has 148 valence electrons. The lowest BCUT2D eigenvalue weighted by Gasteiger charge is -2.29. The number of benzene rings is 1. The topological polar surface area (TPSA) is 65.8 Å². The van der Waals surface area contributed by atoms with E-state index in [1.165, 1.54) is 24.7 Å². The zero-order valence-corrected chi connectivity index (χ0v) is 16.0. The van der Waals surface area contributed by atoms with E-state index >= 15 is 0 Å². The Balaban J connectivity index is 1.42. The third kappa shape index (κ3) is 3.97. The highest BCUT2D eigenvalue weighted by Crippen LogP contribution is 2.25. The predicted octanol–water partition coefficient (Wildman–Crippen LogP) is 2.84. The maximum Gasteiger partial charge on any atom is 0.290 e. The fourth-order valence-electron chi connectivity index (χ4n) is 4.33. The van der Waals surface area contributed by atoms with Crippen molar-refractivity contribution in [1.29, 1.82) is 0 Å². The molecule has 0 radical (unpaired) electrons. The van der Waals surface area contributed by atoms with Gasteiger partial charge in [-0.15, -0.1) is 0 Å². The van der Waals surface area contributed by atoms with Crippen LogP contribution in [-0.2, 0) is 4.79 Å². The number of likely N-dealkylation sites (tertiary alicyclic amines) is 2. The van der Waals surface area contributed by atoms with Gasteiger partial charge >= 0.3 is 0 Å². The maximum atomic E-state index is 12.9. The van der Waals surface area contributed by atoms with Crippen LogP contribution >= 0.6 is 0 Å². The smallest absolute Gasteiger partial charge is 0.290 e. The highest BCUT2D eigenvalue weighted by atomic mass is 16.3. The second-order valence-electron chi connectivity index (χ2n) is 7.55. The van der Waals surface area contributed by atoms with Gasteiger partial charge in [-0.2, -0.15) is 0 Å². The molecule has 0 saturated carbocycles. The summed E-state index contributed by atoms with van der Waals surface area (Å²) in [4.78, 5) is 29.6. The molecule has 2 amide bonds. The van der Waals surface area contributed by atoms with E-state index < -0.39 is 6.04 Å². The Hall–Kier alpha value is -2.60. The number of carbonyl (C=O) groups is 2. The fourth-order valence-corrected chi connectivity index (χ4v) is 4.33. The van der Waals surface area contributed by atoms with Gasteiger partial charge in [0.25, 0.3) is 5.91 Å². The highest BCUT2D eigenvalue weighted by molar-refractivity contribution is 5.96. The fraction of sp³-hybridized carbons (Fsp3) is 0.455. The first kappa shape index (κ1) is 18.7. The molecule has 2 aliphatic heterocycles. The van der Waals surface area contributed by atoms with Gasteiger partial charge in [-0.25, -0.2) is 0 Å². The van der Waals surface area contributed by atoms with Crippen LogP contribution in [0.2, 0.25) is 0 Å². The molecule has 2 aromatic rings. The molecule has 0 aliphatic carbocycles. The Labute approximate surface area is 165 Å². The van der Waals surface area contributed by atoms with Crippen molar-refractivity contribution < 1.29 is 14.0 Å². The van der Waals surface area contributed by atoms with Crippen molar-refractivity contribution in [3.63, 3.8) is 0 Å². The molecule has 2 aliphatic rings. The third-order valence-electron chi connectivity index (χ3n) is 5.78. The Kier molecular flexibility index (Phi) is 5.76. The molecule has 6 nitrogen and oxygen atoms in total. The molecule has 1 aromatic carbocycles. The molecular weight excluding hydrogens is 354 g/mol. The van der Waals surface area contributed by atoms with Gasteiger partial charge in [-0.1, -0.05) is 30.3 Å². The molecule has 28 heavy (non-hydrogen) atoms. The molecule has 0 spiro atoms. The zero-order valence-electron chi connectivity index (χ0n) is 16.0. The van der Waals surface area contributed by atoms with E-state index in [4.69, 9.17) is 4.42 Å². The van der Waals surface area contributed by atoms with E-state index in [0.717, 1.165) is 19.5 Å². The van der Waals surface area contributed by atoms with Crippen LogP contribution in [0, 0.1) is 0 Å². The minimum atomic E-state index is -0.424. The van der Waals surface area contributed by atoms with Gasteiger partial charge in [0.05, 0.1) is 12.3 Å². The normalized spacial score (nSPS) is 21.0. The van der Waals surface area contributed by atoms with Gasteiger partial charge in [-0.05, 0) is 56.5 Å². The van der Waals surface area contributed by atoms with Crippen LogP contribution in [0.3, 0.4) is 0 Å². The summed E-state index contributed by atoms with van der Waals surface area (Å²) in [5.74, 6) is 0.0123.